The molecule has 1 aromatic rings. The van der Waals surface area contributed by atoms with Crippen LogP contribution in [0.4, 0.5) is 0 Å². The van der Waals surface area contributed by atoms with Crippen molar-refractivity contribution in [1.29, 1.82) is 0 Å². The van der Waals surface area contributed by atoms with Crippen LogP contribution in [-0.4, -0.2) is 50.2 Å². The van der Waals surface area contributed by atoms with Gasteiger partial charge in [-0.25, -0.2) is 8.42 Å². The Kier molecular flexibility index (Phi) is 8.43. The average molecular weight is 438 g/mol. The summed E-state index contributed by atoms with van der Waals surface area (Å²) in [6, 6.07) is 3.60. The van der Waals surface area contributed by atoms with Gasteiger partial charge in [0, 0.05) is 25.7 Å². The smallest absolute Gasteiger partial charge is 0.309 e. The zero-order valence-electron chi connectivity index (χ0n) is 18.7. The number of amides is 2. The maximum absolute atomic E-state index is 13.5. The van der Waals surface area contributed by atoms with Gasteiger partial charge in [-0.2, -0.15) is 4.31 Å². The molecule has 1 aliphatic rings. The SMILES string of the molecule is Cc1cc(C)c(S(=O)(=O)N2CCCCC2CCNC(=O)C(=O)NCC(C)C)c(C)c1. The molecule has 0 spiro atoms. The van der Waals surface area contributed by atoms with Gasteiger partial charge in [0.2, 0.25) is 10.0 Å². The summed E-state index contributed by atoms with van der Waals surface area (Å²) in [4.78, 5) is 24.2. The molecule has 0 aliphatic carbocycles. The summed E-state index contributed by atoms with van der Waals surface area (Å²) >= 11 is 0. The molecule has 168 valence electrons. The van der Waals surface area contributed by atoms with Crippen molar-refractivity contribution < 1.29 is 18.0 Å². The number of aryl methyl sites for hydroxylation is 3. The summed E-state index contributed by atoms with van der Waals surface area (Å²) in [7, 11) is -3.63. The first-order chi connectivity index (χ1) is 14.0. The lowest BCUT2D eigenvalue weighted by molar-refractivity contribution is -0.139. The number of carbonyl (C=O) groups excluding carboxylic acids is 2. The molecular weight excluding hydrogens is 402 g/mol. The summed E-state index contributed by atoms with van der Waals surface area (Å²) in [5.41, 5.74) is 2.55. The summed E-state index contributed by atoms with van der Waals surface area (Å²) in [6.07, 6.45) is 3.00. The topological polar surface area (TPSA) is 95.6 Å². The summed E-state index contributed by atoms with van der Waals surface area (Å²) in [6.45, 7) is 10.7. The van der Waals surface area contributed by atoms with Crippen molar-refractivity contribution in [1.82, 2.24) is 14.9 Å². The normalized spacial score (nSPS) is 17.7. The third-order valence-corrected chi connectivity index (χ3v) is 7.64. The molecule has 1 fully saturated rings. The van der Waals surface area contributed by atoms with E-state index in [0.717, 1.165) is 36.0 Å². The zero-order chi connectivity index (χ0) is 22.5. The Morgan fingerprint density at radius 3 is 2.27 bits per heavy atom. The molecule has 1 atom stereocenters. The minimum Gasteiger partial charge on any atom is -0.348 e. The van der Waals surface area contributed by atoms with Crippen LogP contribution in [0.15, 0.2) is 17.0 Å². The highest BCUT2D eigenvalue weighted by Crippen LogP contribution is 2.31. The van der Waals surface area contributed by atoms with E-state index >= 15 is 0 Å². The second kappa shape index (κ2) is 10.4. The van der Waals surface area contributed by atoms with Crippen LogP contribution in [0.2, 0.25) is 0 Å². The molecule has 0 bridgehead atoms. The molecule has 8 heteroatoms. The quantitative estimate of drug-likeness (QED) is 0.641. The number of hydrogen-bond donors (Lipinski definition) is 2. The number of nitrogens with zero attached hydrogens (tertiary/aromatic N) is 1. The van der Waals surface area contributed by atoms with Gasteiger partial charge in [-0.1, -0.05) is 38.0 Å². The highest BCUT2D eigenvalue weighted by Gasteiger charge is 2.35. The van der Waals surface area contributed by atoms with Gasteiger partial charge in [0.15, 0.2) is 0 Å². The van der Waals surface area contributed by atoms with E-state index in [4.69, 9.17) is 0 Å². The largest absolute Gasteiger partial charge is 0.348 e. The second-order valence-corrected chi connectivity index (χ2v) is 10.5. The van der Waals surface area contributed by atoms with Crippen LogP contribution in [0.1, 0.15) is 56.2 Å². The Labute approximate surface area is 180 Å². The monoisotopic (exact) mass is 437 g/mol. The predicted molar refractivity (Wildman–Crippen MR) is 118 cm³/mol. The third-order valence-electron chi connectivity index (χ3n) is 5.38. The van der Waals surface area contributed by atoms with Gasteiger partial charge >= 0.3 is 11.8 Å². The van der Waals surface area contributed by atoms with Gasteiger partial charge in [-0.15, -0.1) is 0 Å². The van der Waals surface area contributed by atoms with Crippen LogP contribution in [0.3, 0.4) is 0 Å². The maximum Gasteiger partial charge on any atom is 0.309 e. The molecule has 0 aromatic heterocycles. The van der Waals surface area contributed by atoms with Crippen molar-refractivity contribution >= 4 is 21.8 Å². The van der Waals surface area contributed by atoms with E-state index in [1.807, 2.05) is 46.8 Å². The molecule has 30 heavy (non-hydrogen) atoms. The Bertz CT molecular complexity index is 857. The predicted octanol–water partition coefficient (Wildman–Crippen LogP) is 2.43. The fourth-order valence-corrected chi connectivity index (χ4v) is 6.22. The molecule has 1 heterocycles. The van der Waals surface area contributed by atoms with Crippen LogP contribution < -0.4 is 10.6 Å². The van der Waals surface area contributed by atoms with E-state index < -0.39 is 21.8 Å². The first-order valence-electron chi connectivity index (χ1n) is 10.7. The molecule has 2 N–H and O–H groups in total. The van der Waals surface area contributed by atoms with Gasteiger partial charge in [0.25, 0.3) is 0 Å². The van der Waals surface area contributed by atoms with Crippen LogP contribution in [0.25, 0.3) is 0 Å². The van der Waals surface area contributed by atoms with E-state index in [0.29, 0.717) is 24.4 Å². The van der Waals surface area contributed by atoms with Gasteiger partial charge in [0.1, 0.15) is 0 Å². The van der Waals surface area contributed by atoms with E-state index in [1.54, 1.807) is 4.31 Å². The van der Waals surface area contributed by atoms with E-state index in [9.17, 15) is 18.0 Å². The van der Waals surface area contributed by atoms with Crippen LogP contribution >= 0.6 is 0 Å². The molecule has 7 nitrogen and oxygen atoms in total. The van der Waals surface area contributed by atoms with Crippen LogP contribution in [-0.2, 0) is 19.6 Å². The minimum atomic E-state index is -3.63. The Hall–Kier alpha value is -1.93. The lowest BCUT2D eigenvalue weighted by Crippen LogP contribution is -2.46. The molecule has 0 radical (unpaired) electrons. The number of nitrogens with one attached hydrogen (secondary N) is 2. The Morgan fingerprint density at radius 1 is 1.07 bits per heavy atom. The first-order valence-corrected chi connectivity index (χ1v) is 12.1. The molecular formula is C22H35N3O4S. The Morgan fingerprint density at radius 2 is 1.67 bits per heavy atom. The van der Waals surface area contributed by atoms with Crippen molar-refractivity contribution in [2.24, 2.45) is 5.92 Å². The molecule has 1 unspecified atom stereocenters. The van der Waals surface area contributed by atoms with Crippen molar-refractivity contribution in [3.63, 3.8) is 0 Å². The fourth-order valence-electron chi connectivity index (χ4n) is 4.08. The zero-order valence-corrected chi connectivity index (χ0v) is 19.6. The standard InChI is InChI=1S/C22H35N3O4S/c1-15(2)14-24-22(27)21(26)23-10-9-19-8-6-7-11-25(19)30(28,29)20-17(4)12-16(3)13-18(20)5/h12-13,15,19H,6-11,14H2,1-5H3,(H,23,26)(H,24,27). The van der Waals surface area contributed by atoms with Gasteiger partial charge < -0.3 is 10.6 Å². The van der Waals surface area contributed by atoms with E-state index in [1.165, 1.54) is 0 Å². The van der Waals surface area contributed by atoms with Crippen molar-refractivity contribution in [2.45, 2.75) is 71.2 Å². The van der Waals surface area contributed by atoms with Gasteiger partial charge in [-0.05, 0) is 57.1 Å². The first kappa shape index (κ1) is 24.3. The third kappa shape index (κ3) is 6.04. The van der Waals surface area contributed by atoms with Crippen LogP contribution in [0.5, 0.6) is 0 Å². The summed E-state index contributed by atoms with van der Waals surface area (Å²) < 4.78 is 28.5. The number of benzene rings is 1. The minimum absolute atomic E-state index is 0.192. The van der Waals surface area contributed by atoms with Crippen molar-refractivity contribution in [2.75, 3.05) is 19.6 Å². The lowest BCUT2D eigenvalue weighted by atomic mass is 10.0. The molecule has 1 aromatic carbocycles. The van der Waals surface area contributed by atoms with Crippen molar-refractivity contribution in [3.05, 3.63) is 28.8 Å². The van der Waals surface area contributed by atoms with E-state index in [2.05, 4.69) is 10.6 Å². The Balaban J connectivity index is 2.06. The molecule has 2 rings (SSSR count). The molecule has 1 aliphatic heterocycles. The molecule has 2 amide bonds. The second-order valence-electron chi connectivity index (χ2n) is 8.64. The highest BCUT2D eigenvalue weighted by molar-refractivity contribution is 7.89. The fraction of sp³-hybridized carbons (Fsp3) is 0.636. The van der Waals surface area contributed by atoms with Gasteiger partial charge in [0.05, 0.1) is 4.90 Å². The number of hydrogen-bond acceptors (Lipinski definition) is 4. The maximum atomic E-state index is 13.5. The molecule has 0 saturated carbocycles. The van der Waals surface area contributed by atoms with Crippen LogP contribution in [0, 0.1) is 26.7 Å². The highest BCUT2D eigenvalue weighted by atomic mass is 32.2. The summed E-state index contributed by atoms with van der Waals surface area (Å²) in [5, 5.41) is 5.21. The summed E-state index contributed by atoms with van der Waals surface area (Å²) in [5.74, 6) is -1.06. The molecule has 1 saturated heterocycles. The number of piperidine rings is 1. The van der Waals surface area contributed by atoms with Gasteiger partial charge in [-0.3, -0.25) is 9.59 Å². The van der Waals surface area contributed by atoms with E-state index in [-0.39, 0.29) is 18.5 Å². The average Bonchev–Trinajstić information content (AvgIpc) is 2.65. The lowest BCUT2D eigenvalue weighted by Gasteiger charge is -2.35. The number of rotatable bonds is 7. The number of carbonyl (C=O) groups is 2. The van der Waals surface area contributed by atoms with Crippen molar-refractivity contribution in [3.8, 4) is 0 Å². The number of sulfonamides is 1.